The molecule has 0 N–H and O–H groups in total. The van der Waals surface area contributed by atoms with Crippen molar-refractivity contribution >= 4 is 34.2 Å². The van der Waals surface area contributed by atoms with Crippen LogP contribution in [0.4, 0.5) is 0 Å². The fourth-order valence-electron chi connectivity index (χ4n) is 1.80. The van der Waals surface area contributed by atoms with Gasteiger partial charge < -0.3 is 9.47 Å². The van der Waals surface area contributed by atoms with Crippen LogP contribution >= 0.6 is 34.2 Å². The van der Waals surface area contributed by atoms with Crippen LogP contribution in [-0.4, -0.2) is 7.11 Å². The van der Waals surface area contributed by atoms with Crippen LogP contribution in [0.5, 0.6) is 11.5 Å². The predicted molar refractivity (Wildman–Crippen MR) is 90.9 cm³/mol. The second kappa shape index (κ2) is 7.61. The van der Waals surface area contributed by atoms with Crippen LogP contribution in [0.25, 0.3) is 0 Å². The van der Waals surface area contributed by atoms with Gasteiger partial charge in [-0.25, -0.2) is 0 Å². The van der Waals surface area contributed by atoms with E-state index in [1.54, 1.807) is 19.2 Å². The summed E-state index contributed by atoms with van der Waals surface area (Å²) in [6.07, 6.45) is 0. The summed E-state index contributed by atoms with van der Waals surface area (Å²) in [6, 6.07) is 13.3. The minimum Gasteiger partial charge on any atom is -0.493 e. The third-order valence-electron chi connectivity index (χ3n) is 2.87. The Morgan fingerprint density at radius 3 is 2.57 bits per heavy atom. The largest absolute Gasteiger partial charge is 0.493 e. The molecular formula is C15H13ClINO3. The standard InChI is InChI=1S/C15H13ClINO3/c1-20-13-7-11(15(16)18-19)12(17)8-14(13)21-9-10-5-3-2-4-6-10/h2-8,15H,9H2,1H3. The molecule has 0 aromatic heterocycles. The van der Waals surface area contributed by atoms with Gasteiger partial charge >= 0.3 is 0 Å². The van der Waals surface area contributed by atoms with Crippen molar-refractivity contribution in [3.63, 3.8) is 0 Å². The summed E-state index contributed by atoms with van der Waals surface area (Å²) in [7, 11) is 1.54. The Morgan fingerprint density at radius 2 is 1.95 bits per heavy atom. The van der Waals surface area contributed by atoms with E-state index < -0.39 is 5.50 Å². The SMILES string of the molecule is COc1cc(C(Cl)N=O)c(I)cc1OCc1ccccc1. The zero-order valence-corrected chi connectivity index (χ0v) is 14.2. The van der Waals surface area contributed by atoms with Crippen molar-refractivity contribution in [1.82, 2.24) is 0 Å². The van der Waals surface area contributed by atoms with E-state index in [0.29, 0.717) is 23.7 Å². The van der Waals surface area contributed by atoms with Crippen LogP contribution in [0.1, 0.15) is 16.6 Å². The highest BCUT2D eigenvalue weighted by Gasteiger charge is 2.17. The summed E-state index contributed by atoms with van der Waals surface area (Å²) in [4.78, 5) is 10.6. The van der Waals surface area contributed by atoms with Crippen molar-refractivity contribution in [2.24, 2.45) is 5.18 Å². The summed E-state index contributed by atoms with van der Waals surface area (Å²) in [5, 5.41) is 2.83. The molecule has 0 saturated carbocycles. The van der Waals surface area contributed by atoms with Gasteiger partial charge in [-0.15, -0.1) is 4.91 Å². The number of nitrogens with zero attached hydrogens (tertiary/aromatic N) is 1. The van der Waals surface area contributed by atoms with Gasteiger partial charge in [0.2, 0.25) is 0 Å². The van der Waals surface area contributed by atoms with Gasteiger partial charge in [0.05, 0.1) is 7.11 Å². The molecule has 0 bridgehead atoms. The number of nitroso groups, excluding NO2 is 1. The first-order valence-electron chi connectivity index (χ1n) is 6.16. The Kier molecular flexibility index (Phi) is 5.81. The molecule has 110 valence electrons. The van der Waals surface area contributed by atoms with E-state index in [1.165, 1.54) is 0 Å². The quantitative estimate of drug-likeness (QED) is 0.291. The predicted octanol–water partition coefficient (Wildman–Crippen LogP) is 4.88. The maximum atomic E-state index is 10.6. The van der Waals surface area contributed by atoms with Crippen molar-refractivity contribution in [2.45, 2.75) is 12.1 Å². The molecule has 2 aromatic carbocycles. The molecule has 0 aliphatic heterocycles. The molecule has 6 heteroatoms. The molecule has 0 aliphatic rings. The average Bonchev–Trinajstić information content (AvgIpc) is 2.53. The molecule has 21 heavy (non-hydrogen) atoms. The minimum absolute atomic E-state index is 0.433. The van der Waals surface area contributed by atoms with Gasteiger partial charge in [-0.2, -0.15) is 0 Å². The third kappa shape index (κ3) is 4.07. The van der Waals surface area contributed by atoms with E-state index in [1.807, 2.05) is 30.3 Å². The molecule has 0 radical (unpaired) electrons. The lowest BCUT2D eigenvalue weighted by Gasteiger charge is -2.14. The summed E-state index contributed by atoms with van der Waals surface area (Å²) in [6.45, 7) is 0.433. The van der Waals surface area contributed by atoms with Gasteiger partial charge in [0.15, 0.2) is 17.0 Å². The molecule has 1 unspecified atom stereocenters. The van der Waals surface area contributed by atoms with Gasteiger partial charge in [-0.3, -0.25) is 0 Å². The van der Waals surface area contributed by atoms with E-state index >= 15 is 0 Å². The number of rotatable bonds is 6. The van der Waals surface area contributed by atoms with Gasteiger partial charge in [-0.1, -0.05) is 41.9 Å². The highest BCUT2D eigenvalue weighted by atomic mass is 127. The fraction of sp³-hybridized carbons (Fsp3) is 0.200. The number of benzene rings is 2. The second-order valence-electron chi connectivity index (χ2n) is 4.24. The van der Waals surface area contributed by atoms with Crippen LogP contribution in [0.3, 0.4) is 0 Å². The molecule has 0 saturated heterocycles. The zero-order chi connectivity index (χ0) is 15.2. The van der Waals surface area contributed by atoms with E-state index in [9.17, 15) is 4.91 Å². The van der Waals surface area contributed by atoms with Gasteiger partial charge in [0, 0.05) is 9.13 Å². The number of hydrogen-bond acceptors (Lipinski definition) is 4. The molecule has 0 amide bonds. The van der Waals surface area contributed by atoms with Crippen molar-refractivity contribution in [3.05, 3.63) is 62.1 Å². The Morgan fingerprint density at radius 1 is 1.24 bits per heavy atom. The molecule has 1 atom stereocenters. The molecule has 0 spiro atoms. The summed E-state index contributed by atoms with van der Waals surface area (Å²) in [5.41, 5.74) is 0.730. The van der Waals surface area contributed by atoms with Crippen LogP contribution in [0, 0.1) is 8.48 Å². The highest BCUT2D eigenvalue weighted by molar-refractivity contribution is 14.1. The van der Waals surface area contributed by atoms with Gasteiger partial charge in [0.25, 0.3) is 0 Å². The molecule has 0 fully saturated rings. The van der Waals surface area contributed by atoms with Crippen molar-refractivity contribution in [2.75, 3.05) is 7.11 Å². The van der Waals surface area contributed by atoms with Crippen molar-refractivity contribution < 1.29 is 9.47 Å². The topological polar surface area (TPSA) is 47.9 Å². The first kappa shape index (κ1) is 16.0. The number of methoxy groups -OCH3 is 1. The van der Waals surface area contributed by atoms with E-state index in [2.05, 4.69) is 27.8 Å². The Bertz CT molecular complexity index is 622. The number of alkyl halides is 1. The molecule has 0 heterocycles. The second-order valence-corrected chi connectivity index (χ2v) is 5.82. The Hall–Kier alpha value is -1.34. The lowest BCUT2D eigenvalue weighted by Crippen LogP contribution is -2.00. The molecule has 2 aromatic rings. The zero-order valence-electron chi connectivity index (χ0n) is 11.3. The van der Waals surface area contributed by atoms with Crippen molar-refractivity contribution in [3.8, 4) is 11.5 Å². The summed E-state index contributed by atoms with van der Waals surface area (Å²) >= 11 is 7.96. The van der Waals surface area contributed by atoms with E-state index in [4.69, 9.17) is 21.1 Å². The van der Waals surface area contributed by atoms with Gasteiger partial charge in [0.1, 0.15) is 6.61 Å². The fourth-order valence-corrected chi connectivity index (χ4v) is 2.90. The first-order valence-corrected chi connectivity index (χ1v) is 7.68. The average molecular weight is 418 g/mol. The molecule has 4 nitrogen and oxygen atoms in total. The Balaban J connectivity index is 2.23. The first-order chi connectivity index (χ1) is 10.2. The number of hydrogen-bond donors (Lipinski definition) is 0. The maximum Gasteiger partial charge on any atom is 0.191 e. The van der Waals surface area contributed by atoms with Gasteiger partial charge in [-0.05, 0) is 45.5 Å². The number of halogens is 2. The maximum absolute atomic E-state index is 10.6. The summed E-state index contributed by atoms with van der Waals surface area (Å²) < 4.78 is 11.9. The van der Waals surface area contributed by atoms with Crippen LogP contribution in [-0.2, 0) is 6.61 Å². The lowest BCUT2D eigenvalue weighted by molar-refractivity contribution is 0.284. The van der Waals surface area contributed by atoms with Crippen LogP contribution < -0.4 is 9.47 Å². The van der Waals surface area contributed by atoms with E-state index in [-0.39, 0.29) is 0 Å². The van der Waals surface area contributed by atoms with Crippen LogP contribution in [0.2, 0.25) is 0 Å². The normalized spacial score (nSPS) is 11.8. The monoisotopic (exact) mass is 417 g/mol. The van der Waals surface area contributed by atoms with E-state index in [0.717, 1.165) is 9.13 Å². The summed E-state index contributed by atoms with van der Waals surface area (Å²) in [5.74, 6) is 1.12. The molecule has 0 aliphatic carbocycles. The lowest BCUT2D eigenvalue weighted by atomic mass is 10.2. The highest BCUT2D eigenvalue weighted by Crippen LogP contribution is 2.36. The van der Waals surface area contributed by atoms with Crippen molar-refractivity contribution in [1.29, 1.82) is 0 Å². The Labute approximate surface area is 141 Å². The minimum atomic E-state index is -0.936. The van der Waals surface area contributed by atoms with Crippen LogP contribution in [0.15, 0.2) is 47.6 Å². The smallest absolute Gasteiger partial charge is 0.191 e. The number of ether oxygens (including phenoxy) is 2. The third-order valence-corrected chi connectivity index (χ3v) is 4.12. The molecular weight excluding hydrogens is 405 g/mol. The molecule has 2 rings (SSSR count).